The van der Waals surface area contributed by atoms with Crippen LogP contribution < -0.4 is 10.6 Å². The topological polar surface area (TPSA) is 77.8 Å². The van der Waals surface area contributed by atoms with Crippen molar-refractivity contribution in [3.8, 4) is 6.07 Å². The third-order valence-electron chi connectivity index (χ3n) is 2.73. The first kappa shape index (κ1) is 12.4. The fourth-order valence-corrected chi connectivity index (χ4v) is 1.57. The van der Waals surface area contributed by atoms with Crippen LogP contribution in [-0.2, 0) is 4.79 Å². The van der Waals surface area contributed by atoms with Crippen LogP contribution in [0.2, 0.25) is 0 Å². The molecule has 0 aliphatic heterocycles. The van der Waals surface area contributed by atoms with Gasteiger partial charge in [0.05, 0.1) is 11.9 Å². The van der Waals surface area contributed by atoms with Crippen molar-refractivity contribution in [3.63, 3.8) is 0 Å². The smallest absolute Gasteiger partial charge is 0.220 e. The predicted molar refractivity (Wildman–Crippen MR) is 67.8 cm³/mol. The number of nitrogens with one attached hydrogen (secondary N) is 2. The van der Waals surface area contributed by atoms with E-state index in [1.165, 1.54) is 0 Å². The van der Waals surface area contributed by atoms with Gasteiger partial charge in [-0.05, 0) is 31.4 Å². The highest BCUT2D eigenvalue weighted by atomic mass is 16.1. The largest absolute Gasteiger partial charge is 0.384 e. The average molecular weight is 244 g/mol. The summed E-state index contributed by atoms with van der Waals surface area (Å²) >= 11 is 0. The number of hydrogen-bond acceptors (Lipinski definition) is 4. The molecule has 0 radical (unpaired) electrons. The van der Waals surface area contributed by atoms with Gasteiger partial charge in [0.1, 0.15) is 11.8 Å². The van der Waals surface area contributed by atoms with Crippen LogP contribution in [0.5, 0.6) is 0 Å². The summed E-state index contributed by atoms with van der Waals surface area (Å²) in [6.07, 6.45) is 5.22. The molecule has 2 N–H and O–H groups in total. The summed E-state index contributed by atoms with van der Waals surface area (Å²) in [6.45, 7) is 0.728. The molecule has 0 unspecified atom stereocenters. The number of rotatable bonds is 6. The second-order valence-electron chi connectivity index (χ2n) is 4.42. The zero-order valence-electron chi connectivity index (χ0n) is 10.1. The Bertz CT molecular complexity index is 445. The number of aromatic nitrogens is 1. The van der Waals surface area contributed by atoms with Crippen LogP contribution in [0.25, 0.3) is 0 Å². The maximum absolute atomic E-state index is 11.4. The SMILES string of the molecule is N#Cc1ccc(NCCCC(=O)NC2CC2)cn1. The zero-order chi connectivity index (χ0) is 12.8. The molecule has 0 spiro atoms. The van der Waals surface area contributed by atoms with Gasteiger partial charge in [0.15, 0.2) is 0 Å². The highest BCUT2D eigenvalue weighted by molar-refractivity contribution is 5.76. The van der Waals surface area contributed by atoms with E-state index in [2.05, 4.69) is 15.6 Å². The van der Waals surface area contributed by atoms with E-state index in [0.29, 0.717) is 18.2 Å². The number of carbonyl (C=O) groups is 1. The first-order valence-corrected chi connectivity index (χ1v) is 6.17. The van der Waals surface area contributed by atoms with Crippen LogP contribution in [0.1, 0.15) is 31.4 Å². The van der Waals surface area contributed by atoms with Crippen molar-refractivity contribution in [2.45, 2.75) is 31.7 Å². The summed E-state index contributed by atoms with van der Waals surface area (Å²) in [7, 11) is 0. The molecule has 2 rings (SSSR count). The van der Waals surface area contributed by atoms with Gasteiger partial charge in [0.25, 0.3) is 0 Å². The van der Waals surface area contributed by atoms with Crippen LogP contribution >= 0.6 is 0 Å². The Hall–Kier alpha value is -2.09. The van der Waals surface area contributed by atoms with Crippen LogP contribution in [0, 0.1) is 11.3 Å². The number of pyridine rings is 1. The van der Waals surface area contributed by atoms with E-state index in [1.807, 2.05) is 12.1 Å². The van der Waals surface area contributed by atoms with Crippen LogP contribution in [0.3, 0.4) is 0 Å². The molecule has 1 heterocycles. The molecule has 0 atom stereocenters. The Morgan fingerprint density at radius 3 is 2.94 bits per heavy atom. The molecule has 5 nitrogen and oxygen atoms in total. The van der Waals surface area contributed by atoms with Crippen molar-refractivity contribution >= 4 is 11.6 Å². The lowest BCUT2D eigenvalue weighted by atomic mass is 10.3. The summed E-state index contributed by atoms with van der Waals surface area (Å²) in [4.78, 5) is 15.4. The van der Waals surface area contributed by atoms with Crippen molar-refractivity contribution in [2.24, 2.45) is 0 Å². The molecule has 0 bridgehead atoms. The van der Waals surface area contributed by atoms with E-state index in [1.54, 1.807) is 12.3 Å². The molecule has 1 amide bonds. The minimum absolute atomic E-state index is 0.136. The van der Waals surface area contributed by atoms with E-state index < -0.39 is 0 Å². The monoisotopic (exact) mass is 244 g/mol. The second kappa shape index (κ2) is 6.01. The Kier molecular flexibility index (Phi) is 4.13. The molecule has 1 aromatic rings. The molecule has 1 saturated carbocycles. The fraction of sp³-hybridized carbons (Fsp3) is 0.462. The van der Waals surface area contributed by atoms with Crippen molar-refractivity contribution in [1.82, 2.24) is 10.3 Å². The van der Waals surface area contributed by atoms with Crippen LogP contribution in [0.4, 0.5) is 5.69 Å². The minimum atomic E-state index is 0.136. The Morgan fingerprint density at radius 1 is 1.50 bits per heavy atom. The molecule has 1 fully saturated rings. The normalized spacial score (nSPS) is 13.7. The van der Waals surface area contributed by atoms with Gasteiger partial charge in [-0.15, -0.1) is 0 Å². The molecule has 1 aromatic heterocycles. The lowest BCUT2D eigenvalue weighted by Gasteiger charge is -2.06. The molecule has 1 aliphatic carbocycles. The zero-order valence-corrected chi connectivity index (χ0v) is 10.1. The summed E-state index contributed by atoms with van der Waals surface area (Å²) in [5.74, 6) is 0.136. The van der Waals surface area contributed by atoms with Crippen molar-refractivity contribution < 1.29 is 4.79 Å². The van der Waals surface area contributed by atoms with Gasteiger partial charge in [-0.1, -0.05) is 0 Å². The van der Waals surface area contributed by atoms with E-state index in [4.69, 9.17) is 5.26 Å². The summed E-state index contributed by atoms with van der Waals surface area (Å²) in [6, 6.07) is 5.89. The number of anilines is 1. The number of nitrogens with zero attached hydrogens (tertiary/aromatic N) is 2. The van der Waals surface area contributed by atoms with Crippen molar-refractivity contribution in [3.05, 3.63) is 24.0 Å². The van der Waals surface area contributed by atoms with Gasteiger partial charge < -0.3 is 10.6 Å². The minimum Gasteiger partial charge on any atom is -0.384 e. The molecular weight excluding hydrogens is 228 g/mol. The molecule has 18 heavy (non-hydrogen) atoms. The van der Waals surface area contributed by atoms with Gasteiger partial charge >= 0.3 is 0 Å². The number of hydrogen-bond donors (Lipinski definition) is 2. The molecule has 94 valence electrons. The molecular formula is C13H16N4O. The summed E-state index contributed by atoms with van der Waals surface area (Å²) in [5.41, 5.74) is 1.28. The Labute approximate surface area is 106 Å². The van der Waals surface area contributed by atoms with Crippen molar-refractivity contribution in [2.75, 3.05) is 11.9 Å². The highest BCUT2D eigenvalue weighted by Gasteiger charge is 2.22. The average Bonchev–Trinajstić information content (AvgIpc) is 3.19. The third kappa shape index (κ3) is 4.06. The first-order chi connectivity index (χ1) is 8.78. The Balaban J connectivity index is 1.62. The number of carbonyl (C=O) groups excluding carboxylic acids is 1. The lowest BCUT2D eigenvalue weighted by Crippen LogP contribution is -2.25. The van der Waals surface area contributed by atoms with Crippen LogP contribution in [0.15, 0.2) is 18.3 Å². The van der Waals surface area contributed by atoms with Gasteiger partial charge in [-0.25, -0.2) is 4.98 Å². The predicted octanol–water partition coefficient (Wildman–Crippen LogP) is 1.42. The highest BCUT2D eigenvalue weighted by Crippen LogP contribution is 2.18. The summed E-state index contributed by atoms with van der Waals surface area (Å²) in [5, 5.41) is 14.7. The van der Waals surface area contributed by atoms with E-state index in [0.717, 1.165) is 31.5 Å². The standard InChI is InChI=1S/C13H16N4O/c14-8-11-5-6-12(9-16-11)15-7-1-2-13(18)17-10-3-4-10/h5-6,9-10,15H,1-4,7H2,(H,17,18). The van der Waals surface area contributed by atoms with E-state index in [9.17, 15) is 4.79 Å². The fourth-order valence-electron chi connectivity index (χ4n) is 1.57. The first-order valence-electron chi connectivity index (χ1n) is 6.17. The van der Waals surface area contributed by atoms with E-state index >= 15 is 0 Å². The van der Waals surface area contributed by atoms with E-state index in [-0.39, 0.29) is 5.91 Å². The maximum atomic E-state index is 11.4. The molecule has 0 aromatic carbocycles. The van der Waals surface area contributed by atoms with Gasteiger partial charge in [-0.2, -0.15) is 5.26 Å². The van der Waals surface area contributed by atoms with Crippen molar-refractivity contribution in [1.29, 1.82) is 5.26 Å². The summed E-state index contributed by atoms with van der Waals surface area (Å²) < 4.78 is 0. The number of nitriles is 1. The molecule has 0 saturated heterocycles. The second-order valence-corrected chi connectivity index (χ2v) is 4.42. The molecule has 1 aliphatic rings. The lowest BCUT2D eigenvalue weighted by molar-refractivity contribution is -0.121. The molecule has 5 heteroatoms. The quantitative estimate of drug-likeness (QED) is 0.742. The Morgan fingerprint density at radius 2 is 2.33 bits per heavy atom. The van der Waals surface area contributed by atoms with Gasteiger partial charge in [-0.3, -0.25) is 4.79 Å². The van der Waals surface area contributed by atoms with Gasteiger partial charge in [0.2, 0.25) is 5.91 Å². The van der Waals surface area contributed by atoms with Crippen LogP contribution in [-0.4, -0.2) is 23.5 Å². The number of amides is 1. The third-order valence-corrected chi connectivity index (χ3v) is 2.73. The maximum Gasteiger partial charge on any atom is 0.220 e. The van der Waals surface area contributed by atoms with Gasteiger partial charge in [0, 0.05) is 19.0 Å².